The van der Waals surface area contributed by atoms with Crippen LogP contribution in [0, 0.1) is 11.7 Å². The molecule has 1 heterocycles. The van der Waals surface area contributed by atoms with E-state index in [0.29, 0.717) is 33.2 Å². The number of hydrogen-bond donors (Lipinski definition) is 1. The van der Waals surface area contributed by atoms with Crippen molar-refractivity contribution in [2.24, 2.45) is 5.92 Å². The molecule has 3 rings (SSSR count). The second kappa shape index (κ2) is 9.41. The van der Waals surface area contributed by atoms with Crippen LogP contribution >= 0.6 is 23.4 Å². The van der Waals surface area contributed by atoms with Crippen LogP contribution in [0.25, 0.3) is 10.9 Å². The van der Waals surface area contributed by atoms with Crippen LogP contribution in [0.5, 0.6) is 0 Å². The van der Waals surface area contributed by atoms with E-state index in [4.69, 9.17) is 11.6 Å². The number of nitrogens with zero attached hydrogens (tertiary/aromatic N) is 2. The molecule has 0 atom stereocenters. The Bertz CT molecular complexity index is 1100. The average molecular weight is 434 g/mol. The van der Waals surface area contributed by atoms with Gasteiger partial charge in [-0.25, -0.2) is 9.37 Å². The molecule has 0 saturated heterocycles. The largest absolute Gasteiger partial charge is 0.351 e. The van der Waals surface area contributed by atoms with Gasteiger partial charge in [-0.3, -0.25) is 14.2 Å². The Morgan fingerprint density at radius 1 is 1.28 bits per heavy atom. The summed E-state index contributed by atoms with van der Waals surface area (Å²) < 4.78 is 15.3. The van der Waals surface area contributed by atoms with E-state index in [0.717, 1.165) is 0 Å². The zero-order chi connectivity index (χ0) is 21.0. The molecule has 0 radical (unpaired) electrons. The van der Waals surface area contributed by atoms with E-state index in [1.54, 1.807) is 41.0 Å². The maximum absolute atomic E-state index is 13.7. The first-order chi connectivity index (χ1) is 13.8. The molecule has 5 nitrogen and oxygen atoms in total. The van der Waals surface area contributed by atoms with Crippen molar-refractivity contribution in [3.8, 4) is 0 Å². The van der Waals surface area contributed by atoms with E-state index < -0.39 is 0 Å². The van der Waals surface area contributed by atoms with Crippen molar-refractivity contribution in [1.82, 2.24) is 14.9 Å². The van der Waals surface area contributed by atoms with Crippen molar-refractivity contribution in [1.29, 1.82) is 0 Å². The number of carbonyl (C=O) groups excluding carboxylic acids is 1. The number of thioether (sulfide) groups is 1. The Labute approximate surface area is 177 Å². The fourth-order valence-corrected chi connectivity index (χ4v) is 3.84. The summed E-state index contributed by atoms with van der Waals surface area (Å²) in [4.78, 5) is 29.7. The van der Waals surface area contributed by atoms with E-state index >= 15 is 0 Å². The van der Waals surface area contributed by atoms with Crippen molar-refractivity contribution in [3.63, 3.8) is 0 Å². The van der Waals surface area contributed by atoms with Gasteiger partial charge in [0, 0.05) is 23.7 Å². The predicted octanol–water partition coefficient (Wildman–Crippen LogP) is 4.25. The molecular formula is C21H21ClFN3O2S. The molecule has 0 spiro atoms. The molecule has 8 heteroatoms. The minimum absolute atomic E-state index is 0.0675. The van der Waals surface area contributed by atoms with Gasteiger partial charge in [-0.2, -0.15) is 0 Å². The number of hydrogen-bond acceptors (Lipinski definition) is 4. The molecule has 3 aromatic rings. The number of amides is 1. The monoisotopic (exact) mass is 433 g/mol. The Kier molecular flexibility index (Phi) is 6.92. The third kappa shape index (κ3) is 5.36. The topological polar surface area (TPSA) is 64.0 Å². The quantitative estimate of drug-likeness (QED) is 0.447. The van der Waals surface area contributed by atoms with E-state index in [-0.39, 0.29) is 35.5 Å². The Hall–Kier alpha value is -2.38. The summed E-state index contributed by atoms with van der Waals surface area (Å²) in [6.07, 6.45) is 0. The lowest BCUT2D eigenvalue weighted by Gasteiger charge is -2.15. The molecule has 0 aliphatic heterocycles. The lowest BCUT2D eigenvalue weighted by atomic mass is 10.2. The fraction of sp³-hybridized carbons (Fsp3) is 0.286. The Balaban J connectivity index is 1.77. The van der Waals surface area contributed by atoms with Gasteiger partial charge in [0.2, 0.25) is 5.91 Å². The van der Waals surface area contributed by atoms with Crippen LogP contribution in [0.15, 0.2) is 52.4 Å². The van der Waals surface area contributed by atoms with Crippen LogP contribution in [0.1, 0.15) is 19.4 Å². The predicted molar refractivity (Wildman–Crippen MR) is 115 cm³/mol. The SMILES string of the molecule is CC(C)Cn1c(SCC(=O)NCc2ccccc2F)nc2ccc(Cl)cc2c1=O. The fourth-order valence-electron chi connectivity index (χ4n) is 2.83. The maximum Gasteiger partial charge on any atom is 0.262 e. The van der Waals surface area contributed by atoms with E-state index in [2.05, 4.69) is 10.3 Å². The smallest absolute Gasteiger partial charge is 0.262 e. The maximum atomic E-state index is 13.7. The number of nitrogens with one attached hydrogen (secondary N) is 1. The highest BCUT2D eigenvalue weighted by molar-refractivity contribution is 7.99. The molecule has 0 unspecified atom stereocenters. The highest BCUT2D eigenvalue weighted by Gasteiger charge is 2.15. The third-order valence-electron chi connectivity index (χ3n) is 4.20. The first-order valence-corrected chi connectivity index (χ1v) is 10.5. The molecule has 0 aliphatic rings. The summed E-state index contributed by atoms with van der Waals surface area (Å²) in [5.41, 5.74) is 0.775. The number of fused-ring (bicyclic) bond motifs is 1. The molecule has 0 aliphatic carbocycles. The minimum Gasteiger partial charge on any atom is -0.351 e. The molecular weight excluding hydrogens is 413 g/mol. The van der Waals surface area contributed by atoms with Gasteiger partial charge < -0.3 is 5.32 Å². The summed E-state index contributed by atoms with van der Waals surface area (Å²) in [7, 11) is 0. The molecule has 1 aromatic heterocycles. The van der Waals surface area contributed by atoms with Gasteiger partial charge in [0.05, 0.1) is 16.7 Å². The van der Waals surface area contributed by atoms with Gasteiger partial charge in [-0.1, -0.05) is 55.4 Å². The van der Waals surface area contributed by atoms with Gasteiger partial charge in [0.15, 0.2) is 5.16 Å². The standard InChI is InChI=1S/C21H21ClFN3O2S/c1-13(2)11-26-20(28)16-9-15(22)7-8-18(16)25-21(26)29-12-19(27)24-10-14-5-3-4-6-17(14)23/h3-9,13H,10-12H2,1-2H3,(H,24,27). The van der Waals surface area contributed by atoms with Crippen LogP contribution < -0.4 is 10.9 Å². The number of aromatic nitrogens is 2. The van der Waals surface area contributed by atoms with Gasteiger partial charge >= 0.3 is 0 Å². The van der Waals surface area contributed by atoms with E-state index in [9.17, 15) is 14.0 Å². The van der Waals surface area contributed by atoms with Crippen LogP contribution in [0.4, 0.5) is 4.39 Å². The number of benzene rings is 2. The molecule has 2 aromatic carbocycles. The molecule has 0 fully saturated rings. The van der Waals surface area contributed by atoms with Crippen molar-refractivity contribution < 1.29 is 9.18 Å². The van der Waals surface area contributed by atoms with Crippen LogP contribution in [0.2, 0.25) is 5.02 Å². The third-order valence-corrected chi connectivity index (χ3v) is 5.41. The van der Waals surface area contributed by atoms with Crippen molar-refractivity contribution in [2.45, 2.75) is 32.1 Å². The van der Waals surface area contributed by atoms with Crippen LogP contribution in [-0.2, 0) is 17.9 Å². The van der Waals surface area contributed by atoms with Crippen molar-refractivity contribution >= 4 is 40.2 Å². The van der Waals surface area contributed by atoms with Crippen molar-refractivity contribution in [2.75, 3.05) is 5.75 Å². The molecule has 29 heavy (non-hydrogen) atoms. The highest BCUT2D eigenvalue weighted by Crippen LogP contribution is 2.21. The molecule has 0 bridgehead atoms. The minimum atomic E-state index is -0.360. The number of rotatable bonds is 7. The zero-order valence-electron chi connectivity index (χ0n) is 16.1. The van der Waals surface area contributed by atoms with Gasteiger partial charge in [-0.15, -0.1) is 0 Å². The summed E-state index contributed by atoms with van der Waals surface area (Å²) in [5, 5.41) is 4.09. The van der Waals surface area contributed by atoms with Crippen LogP contribution in [0.3, 0.4) is 0 Å². The first-order valence-electron chi connectivity index (χ1n) is 9.18. The van der Waals surface area contributed by atoms with Gasteiger partial charge in [0.1, 0.15) is 5.82 Å². The van der Waals surface area contributed by atoms with Gasteiger partial charge in [0.25, 0.3) is 5.56 Å². The highest BCUT2D eigenvalue weighted by atomic mass is 35.5. The summed E-state index contributed by atoms with van der Waals surface area (Å²) >= 11 is 7.21. The Morgan fingerprint density at radius 2 is 2.03 bits per heavy atom. The second-order valence-electron chi connectivity index (χ2n) is 7.02. The van der Waals surface area contributed by atoms with Gasteiger partial charge in [-0.05, 0) is 30.2 Å². The molecule has 1 N–H and O–H groups in total. The lowest BCUT2D eigenvalue weighted by molar-refractivity contribution is -0.118. The zero-order valence-corrected chi connectivity index (χ0v) is 17.7. The molecule has 152 valence electrons. The number of carbonyl (C=O) groups is 1. The van der Waals surface area contributed by atoms with E-state index in [1.165, 1.54) is 17.8 Å². The van der Waals surface area contributed by atoms with E-state index in [1.807, 2.05) is 13.8 Å². The lowest BCUT2D eigenvalue weighted by Crippen LogP contribution is -2.28. The Morgan fingerprint density at radius 3 is 2.76 bits per heavy atom. The normalized spacial score (nSPS) is 11.2. The van der Waals surface area contributed by atoms with Crippen LogP contribution in [-0.4, -0.2) is 21.2 Å². The number of halogens is 2. The summed E-state index contributed by atoms with van der Waals surface area (Å²) in [6.45, 7) is 4.59. The summed E-state index contributed by atoms with van der Waals surface area (Å²) in [6, 6.07) is 11.3. The first kappa shape index (κ1) is 21.3. The molecule has 0 saturated carbocycles. The summed E-state index contributed by atoms with van der Waals surface area (Å²) in [5.74, 6) is -0.334. The molecule has 1 amide bonds. The second-order valence-corrected chi connectivity index (χ2v) is 8.40. The van der Waals surface area contributed by atoms with Crippen molar-refractivity contribution in [3.05, 3.63) is 69.2 Å². The average Bonchev–Trinajstić information content (AvgIpc) is 2.68.